The Balaban J connectivity index is 0.00000121. The molecular formula is C19H28BrCl2N3O. The molecule has 146 valence electrons. The number of anilines is 1. The lowest BCUT2D eigenvalue weighted by Crippen LogP contribution is -2.36. The molecule has 1 saturated carbocycles. The molecule has 2 atom stereocenters. The van der Waals surface area contributed by atoms with E-state index in [9.17, 15) is 4.79 Å². The maximum absolute atomic E-state index is 12.5. The minimum Gasteiger partial charge on any atom is -0.371 e. The van der Waals surface area contributed by atoms with Crippen molar-refractivity contribution < 1.29 is 4.79 Å². The first-order valence-corrected chi connectivity index (χ1v) is 9.95. The molecule has 2 aliphatic heterocycles. The van der Waals surface area contributed by atoms with Crippen molar-refractivity contribution >= 4 is 52.3 Å². The summed E-state index contributed by atoms with van der Waals surface area (Å²) in [4.78, 5) is 14.9. The first kappa shape index (κ1) is 21.8. The molecule has 0 radical (unpaired) electrons. The van der Waals surface area contributed by atoms with Crippen LogP contribution in [0.2, 0.25) is 0 Å². The number of piperidine rings is 1. The van der Waals surface area contributed by atoms with Gasteiger partial charge in [0.05, 0.1) is 0 Å². The van der Waals surface area contributed by atoms with Gasteiger partial charge in [0.25, 0.3) is 0 Å². The van der Waals surface area contributed by atoms with Crippen LogP contribution in [0, 0.1) is 17.3 Å². The topological polar surface area (TPSA) is 44.4 Å². The Hall–Kier alpha value is -0.490. The fourth-order valence-corrected chi connectivity index (χ4v) is 4.86. The fraction of sp³-hybridized carbons (Fsp3) is 0.632. The third-order valence-electron chi connectivity index (χ3n) is 6.13. The number of halogens is 3. The number of nitrogens with zero attached hydrogens (tertiary/aromatic N) is 1. The van der Waals surface area contributed by atoms with Gasteiger partial charge in [-0.05, 0) is 68.3 Å². The van der Waals surface area contributed by atoms with Crippen LogP contribution in [0.4, 0.5) is 5.69 Å². The monoisotopic (exact) mass is 463 g/mol. The van der Waals surface area contributed by atoms with Gasteiger partial charge in [-0.1, -0.05) is 22.0 Å². The highest BCUT2D eigenvalue weighted by molar-refractivity contribution is 9.10. The Morgan fingerprint density at radius 3 is 2.81 bits per heavy atom. The fourth-order valence-electron chi connectivity index (χ4n) is 4.47. The van der Waals surface area contributed by atoms with E-state index in [0.717, 1.165) is 50.0 Å². The Bertz CT molecular complexity index is 625. The minimum absolute atomic E-state index is 0. The third kappa shape index (κ3) is 4.67. The van der Waals surface area contributed by atoms with E-state index < -0.39 is 0 Å². The van der Waals surface area contributed by atoms with Crippen LogP contribution in [0.25, 0.3) is 0 Å². The molecule has 2 saturated heterocycles. The Morgan fingerprint density at radius 1 is 1.31 bits per heavy atom. The lowest BCUT2D eigenvalue weighted by atomic mass is 9.91. The van der Waals surface area contributed by atoms with Crippen LogP contribution in [0.15, 0.2) is 28.7 Å². The second-order valence-corrected chi connectivity index (χ2v) is 8.61. The molecule has 3 aliphatic rings. The van der Waals surface area contributed by atoms with E-state index in [0.29, 0.717) is 17.2 Å². The van der Waals surface area contributed by atoms with Gasteiger partial charge < -0.3 is 15.5 Å². The summed E-state index contributed by atoms with van der Waals surface area (Å²) in [6, 6.07) is 8.48. The highest BCUT2D eigenvalue weighted by Crippen LogP contribution is 2.58. The van der Waals surface area contributed by atoms with Crippen LogP contribution >= 0.6 is 40.7 Å². The van der Waals surface area contributed by atoms with Crippen molar-refractivity contribution in [1.82, 2.24) is 10.6 Å². The highest BCUT2D eigenvalue weighted by Gasteiger charge is 2.57. The largest absolute Gasteiger partial charge is 0.371 e. The van der Waals surface area contributed by atoms with Crippen molar-refractivity contribution in [2.45, 2.75) is 25.7 Å². The van der Waals surface area contributed by atoms with E-state index in [2.05, 4.69) is 55.7 Å². The van der Waals surface area contributed by atoms with E-state index in [4.69, 9.17) is 0 Å². The quantitative estimate of drug-likeness (QED) is 0.715. The summed E-state index contributed by atoms with van der Waals surface area (Å²) < 4.78 is 1.12. The number of hydrogen-bond donors (Lipinski definition) is 2. The zero-order valence-electron chi connectivity index (χ0n) is 14.9. The maximum Gasteiger partial charge on any atom is 0.223 e. The molecule has 1 aromatic rings. The second-order valence-electron chi connectivity index (χ2n) is 7.69. The minimum atomic E-state index is 0. The molecule has 4 rings (SSSR count). The summed E-state index contributed by atoms with van der Waals surface area (Å²) >= 11 is 3.54. The number of carbonyl (C=O) groups excluding carboxylic acids is 1. The Kier molecular flexibility index (Phi) is 7.66. The smallest absolute Gasteiger partial charge is 0.223 e. The van der Waals surface area contributed by atoms with Gasteiger partial charge in [-0.25, -0.2) is 0 Å². The van der Waals surface area contributed by atoms with Gasteiger partial charge >= 0.3 is 0 Å². The molecule has 0 bridgehead atoms. The van der Waals surface area contributed by atoms with Gasteiger partial charge in [-0.3, -0.25) is 4.79 Å². The van der Waals surface area contributed by atoms with Crippen LogP contribution in [0.3, 0.4) is 0 Å². The summed E-state index contributed by atoms with van der Waals surface area (Å²) in [5.74, 6) is 1.15. The van der Waals surface area contributed by atoms with Crippen molar-refractivity contribution in [3.63, 3.8) is 0 Å². The number of hydrogen-bond acceptors (Lipinski definition) is 3. The number of rotatable bonds is 4. The molecule has 2 N–H and O–H groups in total. The summed E-state index contributed by atoms with van der Waals surface area (Å²) in [5.41, 5.74) is 1.61. The van der Waals surface area contributed by atoms with Gasteiger partial charge in [-0.15, -0.1) is 24.8 Å². The predicted octanol–water partition coefficient (Wildman–Crippen LogP) is 3.62. The summed E-state index contributed by atoms with van der Waals surface area (Å²) in [7, 11) is 0. The van der Waals surface area contributed by atoms with Gasteiger partial charge in [0.2, 0.25) is 5.91 Å². The average Bonchev–Trinajstić information content (AvgIpc) is 3.07. The van der Waals surface area contributed by atoms with E-state index in [1.54, 1.807) is 0 Å². The van der Waals surface area contributed by atoms with Gasteiger partial charge in [0.15, 0.2) is 0 Å². The third-order valence-corrected chi connectivity index (χ3v) is 6.62. The second kappa shape index (κ2) is 9.13. The van der Waals surface area contributed by atoms with Crippen molar-refractivity contribution in [3.05, 3.63) is 28.7 Å². The van der Waals surface area contributed by atoms with Crippen molar-refractivity contribution in [2.75, 3.05) is 37.6 Å². The molecule has 1 aromatic carbocycles. The molecule has 0 aromatic heterocycles. The summed E-state index contributed by atoms with van der Waals surface area (Å²) in [5, 5.41) is 6.65. The number of benzene rings is 1. The molecule has 7 heteroatoms. The van der Waals surface area contributed by atoms with Gasteiger partial charge in [0, 0.05) is 35.7 Å². The van der Waals surface area contributed by atoms with Crippen LogP contribution in [-0.2, 0) is 4.79 Å². The van der Waals surface area contributed by atoms with Crippen LogP contribution in [-0.4, -0.2) is 38.6 Å². The zero-order valence-corrected chi connectivity index (χ0v) is 18.1. The first-order valence-electron chi connectivity index (χ1n) is 9.15. The lowest BCUT2D eigenvalue weighted by molar-refractivity contribution is -0.123. The van der Waals surface area contributed by atoms with Crippen molar-refractivity contribution in [3.8, 4) is 0 Å². The molecule has 2 unspecified atom stereocenters. The van der Waals surface area contributed by atoms with Crippen LogP contribution in [0.5, 0.6) is 0 Å². The normalized spacial score (nSPS) is 26.0. The number of carbonyl (C=O) groups is 1. The first-order chi connectivity index (χ1) is 11.7. The number of nitrogens with one attached hydrogen (secondary N) is 2. The van der Waals surface area contributed by atoms with Gasteiger partial charge in [-0.2, -0.15) is 0 Å². The summed E-state index contributed by atoms with van der Waals surface area (Å²) in [6.07, 6.45) is 4.61. The maximum atomic E-state index is 12.5. The molecule has 4 nitrogen and oxygen atoms in total. The van der Waals surface area contributed by atoms with E-state index in [-0.39, 0.29) is 30.7 Å². The Morgan fingerprint density at radius 2 is 2.08 bits per heavy atom. The highest BCUT2D eigenvalue weighted by atomic mass is 79.9. The van der Waals surface area contributed by atoms with Gasteiger partial charge in [0.1, 0.15) is 0 Å². The van der Waals surface area contributed by atoms with Crippen LogP contribution < -0.4 is 15.5 Å². The molecule has 3 fully saturated rings. The molecule has 1 aliphatic carbocycles. The van der Waals surface area contributed by atoms with E-state index in [1.807, 2.05) is 0 Å². The molecule has 1 spiro atoms. The molecule has 26 heavy (non-hydrogen) atoms. The van der Waals surface area contributed by atoms with Crippen molar-refractivity contribution in [2.24, 2.45) is 17.3 Å². The molecule has 2 heterocycles. The average molecular weight is 465 g/mol. The SMILES string of the molecule is Cl.Cl.O=C(NCC1CCN(c2cccc(Br)c2)C1)C1CC12CCNCC2. The molecule has 1 amide bonds. The Labute approximate surface area is 176 Å². The molecular weight excluding hydrogens is 437 g/mol. The zero-order chi connectivity index (χ0) is 16.6. The summed E-state index contributed by atoms with van der Waals surface area (Å²) in [6.45, 7) is 5.10. The lowest BCUT2D eigenvalue weighted by Gasteiger charge is -2.23. The van der Waals surface area contributed by atoms with Crippen molar-refractivity contribution in [1.29, 1.82) is 0 Å². The number of amides is 1. The van der Waals surface area contributed by atoms with Crippen LogP contribution in [0.1, 0.15) is 25.7 Å². The van der Waals surface area contributed by atoms with E-state index in [1.165, 1.54) is 18.5 Å². The standard InChI is InChI=1S/C19H26BrN3O.2ClH/c20-15-2-1-3-16(10-15)23-9-4-14(13-23)12-22-18(24)17-11-19(17)5-7-21-8-6-19;;/h1-3,10,14,17,21H,4-9,11-13H2,(H,22,24);2*1H. The predicted molar refractivity (Wildman–Crippen MR) is 115 cm³/mol. The van der Waals surface area contributed by atoms with E-state index >= 15 is 0 Å².